The van der Waals surface area contributed by atoms with Gasteiger partial charge in [0.1, 0.15) is 0 Å². The highest BCUT2D eigenvalue weighted by atomic mass is 16.1. The SMILES string of the molecule is CNC.CNC=O. The smallest absolute Gasteiger partial charge is 0.206 e. The summed E-state index contributed by atoms with van der Waals surface area (Å²) in [5.41, 5.74) is 0. The average Bonchev–Trinajstić information content (AvgIpc) is 1.69. The molecule has 2 N–H and O–H groups in total. The second-order valence-corrected chi connectivity index (χ2v) is 0.907. The molecule has 0 saturated carbocycles. The predicted molar refractivity (Wildman–Crippen MR) is 30.1 cm³/mol. The minimum absolute atomic E-state index is 0.625. The molecular formula is C4H12N2O. The van der Waals surface area contributed by atoms with Crippen LogP contribution in [0.3, 0.4) is 0 Å². The first-order valence-corrected chi connectivity index (χ1v) is 2.02. The van der Waals surface area contributed by atoms with E-state index in [4.69, 9.17) is 4.79 Å². The molecule has 0 aromatic rings. The summed E-state index contributed by atoms with van der Waals surface area (Å²) in [6.07, 6.45) is 0.625. The van der Waals surface area contributed by atoms with Crippen LogP contribution in [0.5, 0.6) is 0 Å². The second kappa shape index (κ2) is 18.0. The third-order valence-corrected chi connectivity index (χ3v) is 0.118. The second-order valence-electron chi connectivity index (χ2n) is 0.907. The Labute approximate surface area is 44.1 Å². The summed E-state index contributed by atoms with van der Waals surface area (Å²) in [6.45, 7) is 0. The van der Waals surface area contributed by atoms with Crippen molar-refractivity contribution >= 4 is 6.41 Å². The van der Waals surface area contributed by atoms with E-state index in [1.807, 2.05) is 14.1 Å². The molecule has 0 aliphatic heterocycles. The van der Waals surface area contributed by atoms with Gasteiger partial charge in [-0.15, -0.1) is 0 Å². The number of amides is 1. The van der Waals surface area contributed by atoms with E-state index >= 15 is 0 Å². The predicted octanol–water partition coefficient (Wildman–Crippen LogP) is -0.802. The average molecular weight is 104 g/mol. The minimum atomic E-state index is 0.625. The monoisotopic (exact) mass is 104 g/mol. The standard InChI is InChI=1S/C2H5NO.C2H7N/c1-3-2-4;1-3-2/h2H,1H3,(H,3,4);3H,1-2H3. The van der Waals surface area contributed by atoms with Crippen molar-refractivity contribution in [3.8, 4) is 0 Å². The van der Waals surface area contributed by atoms with Crippen LogP contribution in [0.1, 0.15) is 0 Å². The highest BCUT2D eigenvalue weighted by molar-refractivity contribution is 5.44. The van der Waals surface area contributed by atoms with Crippen LogP contribution in [0.15, 0.2) is 0 Å². The van der Waals surface area contributed by atoms with Gasteiger partial charge in [0, 0.05) is 7.05 Å². The fraction of sp³-hybridized carbons (Fsp3) is 0.750. The zero-order valence-corrected chi connectivity index (χ0v) is 4.99. The fourth-order valence-electron chi connectivity index (χ4n) is 0. The van der Waals surface area contributed by atoms with Crippen LogP contribution >= 0.6 is 0 Å². The van der Waals surface area contributed by atoms with Gasteiger partial charge in [0.05, 0.1) is 0 Å². The zero-order valence-electron chi connectivity index (χ0n) is 4.99. The summed E-state index contributed by atoms with van der Waals surface area (Å²) in [5, 5.41) is 5.00. The molecule has 0 radical (unpaired) electrons. The maximum Gasteiger partial charge on any atom is 0.206 e. The third-order valence-electron chi connectivity index (χ3n) is 0.118. The number of carbonyl (C=O) groups is 1. The van der Waals surface area contributed by atoms with Crippen molar-refractivity contribution in [2.45, 2.75) is 0 Å². The van der Waals surface area contributed by atoms with Gasteiger partial charge in [0.15, 0.2) is 0 Å². The van der Waals surface area contributed by atoms with E-state index in [0.717, 1.165) is 0 Å². The minimum Gasteiger partial charge on any atom is -0.362 e. The maximum atomic E-state index is 9.06. The lowest BCUT2D eigenvalue weighted by Crippen LogP contribution is -1.98. The Kier molecular flexibility index (Phi) is 24.9. The van der Waals surface area contributed by atoms with Gasteiger partial charge in [-0.1, -0.05) is 0 Å². The number of nitrogens with one attached hydrogen (secondary N) is 2. The first-order chi connectivity index (χ1) is 3.33. The van der Waals surface area contributed by atoms with E-state index in [-0.39, 0.29) is 0 Å². The molecule has 0 heterocycles. The van der Waals surface area contributed by atoms with E-state index in [2.05, 4.69) is 10.6 Å². The highest BCUT2D eigenvalue weighted by Gasteiger charge is 1.43. The molecule has 1 amide bonds. The lowest BCUT2D eigenvalue weighted by atomic mass is 11.2. The largest absolute Gasteiger partial charge is 0.362 e. The number of carbonyl (C=O) groups excluding carboxylic acids is 1. The Morgan fingerprint density at radius 3 is 1.43 bits per heavy atom. The van der Waals surface area contributed by atoms with Gasteiger partial charge in [-0.2, -0.15) is 0 Å². The first-order valence-electron chi connectivity index (χ1n) is 2.02. The van der Waals surface area contributed by atoms with Gasteiger partial charge < -0.3 is 10.6 Å². The molecule has 0 aromatic heterocycles. The lowest BCUT2D eigenvalue weighted by Gasteiger charge is -1.64. The van der Waals surface area contributed by atoms with Crippen LogP contribution in [0.2, 0.25) is 0 Å². The molecule has 0 bridgehead atoms. The van der Waals surface area contributed by atoms with Crippen LogP contribution in [0, 0.1) is 0 Å². The number of hydrogen-bond acceptors (Lipinski definition) is 2. The van der Waals surface area contributed by atoms with E-state index in [1.54, 1.807) is 7.05 Å². The molecule has 0 aliphatic rings. The van der Waals surface area contributed by atoms with Crippen molar-refractivity contribution in [1.29, 1.82) is 0 Å². The van der Waals surface area contributed by atoms with Crippen molar-refractivity contribution in [2.75, 3.05) is 21.1 Å². The maximum absolute atomic E-state index is 9.06. The van der Waals surface area contributed by atoms with Crippen LogP contribution in [0.4, 0.5) is 0 Å². The van der Waals surface area contributed by atoms with Gasteiger partial charge in [0.25, 0.3) is 0 Å². The summed E-state index contributed by atoms with van der Waals surface area (Å²) in [4.78, 5) is 9.06. The van der Waals surface area contributed by atoms with E-state index < -0.39 is 0 Å². The normalized spacial score (nSPS) is 5.57. The lowest BCUT2D eigenvalue weighted by molar-refractivity contribution is -0.109. The van der Waals surface area contributed by atoms with Gasteiger partial charge in [-0.25, -0.2) is 0 Å². The van der Waals surface area contributed by atoms with Crippen LogP contribution < -0.4 is 10.6 Å². The fourth-order valence-corrected chi connectivity index (χ4v) is 0. The van der Waals surface area contributed by atoms with Crippen LogP contribution in [0.25, 0.3) is 0 Å². The number of rotatable bonds is 1. The van der Waals surface area contributed by atoms with Crippen LogP contribution in [-0.4, -0.2) is 27.6 Å². The van der Waals surface area contributed by atoms with Crippen molar-refractivity contribution in [1.82, 2.24) is 10.6 Å². The molecule has 44 valence electrons. The zero-order chi connectivity index (χ0) is 6.12. The third kappa shape index (κ3) is 346. The summed E-state index contributed by atoms with van der Waals surface area (Å²) >= 11 is 0. The Hall–Kier alpha value is -0.570. The molecule has 3 heteroatoms. The van der Waals surface area contributed by atoms with E-state index in [9.17, 15) is 0 Å². The van der Waals surface area contributed by atoms with Crippen molar-refractivity contribution < 1.29 is 4.79 Å². The molecule has 0 atom stereocenters. The molecule has 0 aromatic carbocycles. The Morgan fingerprint density at radius 2 is 1.43 bits per heavy atom. The highest BCUT2D eigenvalue weighted by Crippen LogP contribution is 1.09. The molecule has 0 rings (SSSR count). The van der Waals surface area contributed by atoms with Crippen LogP contribution in [-0.2, 0) is 4.79 Å². The number of hydrogen-bond donors (Lipinski definition) is 2. The van der Waals surface area contributed by atoms with Gasteiger partial charge >= 0.3 is 0 Å². The van der Waals surface area contributed by atoms with Gasteiger partial charge in [0.2, 0.25) is 6.41 Å². The molecule has 3 nitrogen and oxygen atoms in total. The summed E-state index contributed by atoms with van der Waals surface area (Å²) in [6, 6.07) is 0. The Bertz CT molecular complexity index is 30.9. The summed E-state index contributed by atoms with van der Waals surface area (Å²) < 4.78 is 0. The molecule has 0 unspecified atom stereocenters. The molecule has 7 heavy (non-hydrogen) atoms. The summed E-state index contributed by atoms with van der Waals surface area (Å²) in [5.74, 6) is 0. The quantitative estimate of drug-likeness (QED) is 0.427. The molecule has 0 saturated heterocycles. The molecule has 0 fully saturated rings. The van der Waals surface area contributed by atoms with Gasteiger partial charge in [-0.3, -0.25) is 4.79 Å². The Morgan fingerprint density at radius 1 is 1.29 bits per heavy atom. The van der Waals surface area contributed by atoms with Crippen molar-refractivity contribution in [3.63, 3.8) is 0 Å². The topological polar surface area (TPSA) is 41.1 Å². The van der Waals surface area contributed by atoms with Crippen molar-refractivity contribution in [3.05, 3.63) is 0 Å². The molecule has 0 spiro atoms. The van der Waals surface area contributed by atoms with Crippen molar-refractivity contribution in [2.24, 2.45) is 0 Å². The molecule has 0 aliphatic carbocycles. The molecular weight excluding hydrogens is 92.1 g/mol. The van der Waals surface area contributed by atoms with E-state index in [1.165, 1.54) is 0 Å². The van der Waals surface area contributed by atoms with E-state index in [0.29, 0.717) is 6.41 Å². The van der Waals surface area contributed by atoms with Gasteiger partial charge in [-0.05, 0) is 14.1 Å². The summed E-state index contributed by atoms with van der Waals surface area (Å²) in [7, 11) is 5.31. The first kappa shape index (κ1) is 9.66. The Balaban J connectivity index is 0.